The van der Waals surface area contributed by atoms with E-state index in [0.29, 0.717) is 0 Å². The molecule has 0 heterocycles. The number of quaternary nitrogens is 2. The summed E-state index contributed by atoms with van der Waals surface area (Å²) in [7, 11) is -5.17. The van der Waals surface area contributed by atoms with E-state index in [4.69, 9.17) is 17.5 Å². The largest absolute Gasteiger partial charge is 0.759 e. The lowest BCUT2D eigenvalue weighted by Crippen LogP contribution is -2.64. The second kappa shape index (κ2) is 22.6. The average molecular weight is 230 g/mol. The topological polar surface area (TPSA) is 262 Å². The first-order chi connectivity index (χ1) is 3.91. The van der Waals surface area contributed by atoms with Crippen LogP contribution in [0.5, 0.6) is 0 Å². The number of hydrogen-bond acceptors (Lipinski definition) is 4. The van der Waals surface area contributed by atoms with Gasteiger partial charge in [0.2, 0.25) is 0 Å². The molecule has 0 aliphatic carbocycles. The Hall–Kier alpha value is -0.370. The highest BCUT2D eigenvalue weighted by Gasteiger charge is 1.63. The van der Waals surface area contributed by atoms with Gasteiger partial charge in [-0.05, 0) is 0 Å². The molecule has 0 unspecified atom stereocenters. The van der Waals surface area contributed by atoms with Crippen LogP contribution in [0.25, 0.3) is 0 Å². The Morgan fingerprint density at radius 1 is 0.846 bits per heavy atom. The van der Waals surface area contributed by atoms with Gasteiger partial charge in [0.25, 0.3) is 0 Å². The molecule has 0 saturated heterocycles. The Bertz CT molecular complexity index is 123. The molecule has 0 bridgehead atoms. The Morgan fingerprint density at radius 2 is 0.923 bits per heavy atom. The van der Waals surface area contributed by atoms with E-state index in [1.807, 2.05) is 0 Å². The highest BCUT2D eigenvalue weighted by Crippen LogP contribution is 1.57. The maximum Gasteiger partial charge on any atom is 0.124 e. The lowest BCUT2D eigenvalue weighted by molar-refractivity contribution is -0.453. The van der Waals surface area contributed by atoms with Crippen molar-refractivity contribution in [3.05, 3.63) is 0 Å². The molecule has 0 radical (unpaired) electrons. The van der Waals surface area contributed by atoms with Crippen LogP contribution in [0, 0.1) is 0 Å². The van der Waals surface area contributed by atoms with Crippen molar-refractivity contribution in [2.75, 3.05) is 13.1 Å². The Labute approximate surface area is 75.3 Å². The zero-order valence-corrected chi connectivity index (χ0v) is 7.69. The lowest BCUT2D eigenvalue weighted by atomic mass is 10.7. The molecule has 11 heteroatoms. The van der Waals surface area contributed by atoms with Gasteiger partial charge < -0.3 is 42.5 Å². The van der Waals surface area contributed by atoms with Crippen LogP contribution in [0.4, 0.5) is 0 Å². The van der Waals surface area contributed by atoms with Gasteiger partial charge in [0, 0.05) is 10.4 Å². The number of hydrogen-bond donors (Lipinski definition) is 2. The van der Waals surface area contributed by atoms with Gasteiger partial charge in [-0.3, -0.25) is 8.42 Å². The van der Waals surface area contributed by atoms with E-state index in [9.17, 15) is 0 Å². The van der Waals surface area contributed by atoms with Crippen LogP contribution < -0.4 is 11.5 Å². The van der Waals surface area contributed by atoms with Gasteiger partial charge in [-0.1, -0.05) is 0 Å². The van der Waals surface area contributed by atoms with E-state index in [2.05, 4.69) is 11.5 Å². The zero-order chi connectivity index (χ0) is 7.91. The monoisotopic (exact) mass is 230 g/mol. The molecule has 0 rings (SSSR count). The van der Waals surface area contributed by atoms with Crippen molar-refractivity contribution >= 4 is 10.4 Å². The molecule has 0 aromatic rings. The SMILES string of the molecule is O.O.O.O.O=S(=O)([O-])[O-].[NH3+]CC[NH3+]. The predicted octanol–water partition coefficient (Wildman–Crippen LogP) is -7.17. The van der Waals surface area contributed by atoms with Gasteiger partial charge in [-0.15, -0.1) is 0 Å². The Kier molecular flexibility index (Phi) is 67.5. The zero-order valence-electron chi connectivity index (χ0n) is 6.87. The normalized spacial score (nSPS) is 6.77. The summed E-state index contributed by atoms with van der Waals surface area (Å²) in [6.07, 6.45) is 0. The van der Waals surface area contributed by atoms with Crippen LogP contribution >= 0.6 is 0 Å². The fourth-order valence-electron chi connectivity index (χ4n) is 0. The molecule has 0 aliphatic rings. The fourth-order valence-corrected chi connectivity index (χ4v) is 0. The smallest absolute Gasteiger partial charge is 0.124 e. The van der Waals surface area contributed by atoms with Crippen molar-refractivity contribution in [3.63, 3.8) is 0 Å². The van der Waals surface area contributed by atoms with Crippen LogP contribution in [0.2, 0.25) is 0 Å². The van der Waals surface area contributed by atoms with E-state index in [0.717, 1.165) is 13.1 Å². The molecule has 10 nitrogen and oxygen atoms in total. The van der Waals surface area contributed by atoms with E-state index < -0.39 is 10.4 Å². The van der Waals surface area contributed by atoms with Crippen molar-refractivity contribution in [2.45, 2.75) is 0 Å². The summed E-state index contributed by atoms with van der Waals surface area (Å²) in [4.78, 5) is 0. The molecule has 0 atom stereocenters. The molecule has 14 N–H and O–H groups in total. The fraction of sp³-hybridized carbons (Fsp3) is 1.00. The highest BCUT2D eigenvalue weighted by atomic mass is 32.3. The minimum absolute atomic E-state index is 0. The van der Waals surface area contributed by atoms with Crippen molar-refractivity contribution in [2.24, 2.45) is 0 Å². The first kappa shape index (κ1) is 38.9. The average Bonchev–Trinajstić information content (AvgIpc) is 1.61. The summed E-state index contributed by atoms with van der Waals surface area (Å²) in [6, 6.07) is 0. The molecular formula is C2H18N2O8S. The third-order valence-electron chi connectivity index (χ3n) is 0.250. The Balaban J connectivity index is -0.0000000146. The first-order valence-corrected chi connectivity index (χ1v) is 3.50. The second-order valence-electron chi connectivity index (χ2n) is 1.12. The molecule has 0 aromatic heterocycles. The van der Waals surface area contributed by atoms with E-state index >= 15 is 0 Å². The quantitative estimate of drug-likeness (QED) is 0.328. The van der Waals surface area contributed by atoms with Crippen LogP contribution in [-0.4, -0.2) is 52.5 Å². The molecule has 0 fully saturated rings. The van der Waals surface area contributed by atoms with Crippen LogP contribution in [0.15, 0.2) is 0 Å². The van der Waals surface area contributed by atoms with Crippen molar-refractivity contribution < 1.29 is 50.9 Å². The number of rotatable bonds is 1. The van der Waals surface area contributed by atoms with Crippen LogP contribution in [0.1, 0.15) is 0 Å². The summed E-state index contributed by atoms with van der Waals surface area (Å²) >= 11 is 0. The van der Waals surface area contributed by atoms with E-state index in [1.165, 1.54) is 0 Å². The van der Waals surface area contributed by atoms with Crippen molar-refractivity contribution in [1.29, 1.82) is 0 Å². The molecule has 90 valence electrons. The van der Waals surface area contributed by atoms with Crippen molar-refractivity contribution in [3.8, 4) is 0 Å². The van der Waals surface area contributed by atoms with Crippen LogP contribution in [0.3, 0.4) is 0 Å². The van der Waals surface area contributed by atoms with Gasteiger partial charge in [0.05, 0.1) is 0 Å². The molecule has 13 heavy (non-hydrogen) atoms. The van der Waals surface area contributed by atoms with Gasteiger partial charge in [0.15, 0.2) is 0 Å². The maximum absolute atomic E-state index is 8.52. The maximum atomic E-state index is 8.52. The molecule has 0 saturated carbocycles. The minimum Gasteiger partial charge on any atom is -0.759 e. The van der Waals surface area contributed by atoms with Gasteiger partial charge in [-0.2, -0.15) is 0 Å². The lowest BCUT2D eigenvalue weighted by Gasteiger charge is -2.06. The molecule has 0 spiro atoms. The van der Waals surface area contributed by atoms with E-state index in [1.54, 1.807) is 0 Å². The Morgan fingerprint density at radius 3 is 0.923 bits per heavy atom. The standard InChI is InChI=1S/C2H8N2.H2O4S.4H2O/c3-1-2-4;1-5(2,3)4;;;;/h1-4H2;(H2,1,2,3,4);4*1H2. The molecule has 0 aliphatic heterocycles. The highest BCUT2D eigenvalue weighted by molar-refractivity contribution is 7.79. The molecular weight excluding hydrogens is 212 g/mol. The summed E-state index contributed by atoms with van der Waals surface area (Å²) in [5.41, 5.74) is 7.08. The summed E-state index contributed by atoms with van der Waals surface area (Å²) in [6.45, 7) is 1.92. The minimum atomic E-state index is -5.17. The van der Waals surface area contributed by atoms with Crippen molar-refractivity contribution in [1.82, 2.24) is 0 Å². The van der Waals surface area contributed by atoms with Gasteiger partial charge >= 0.3 is 0 Å². The third-order valence-corrected chi connectivity index (χ3v) is 0.250. The third kappa shape index (κ3) is 2720. The van der Waals surface area contributed by atoms with E-state index in [-0.39, 0.29) is 21.9 Å². The first-order valence-electron chi connectivity index (χ1n) is 2.17. The summed E-state index contributed by atoms with van der Waals surface area (Å²) < 4.78 is 34.1. The summed E-state index contributed by atoms with van der Waals surface area (Å²) in [5, 5.41) is 0. The van der Waals surface area contributed by atoms with Crippen LogP contribution in [-0.2, 0) is 10.4 Å². The predicted molar refractivity (Wildman–Crippen MR) is 40.4 cm³/mol. The second-order valence-corrected chi connectivity index (χ2v) is 1.93. The molecule has 0 amide bonds. The van der Waals surface area contributed by atoms with Gasteiger partial charge in [0.1, 0.15) is 13.1 Å². The molecule has 0 aromatic carbocycles. The van der Waals surface area contributed by atoms with Gasteiger partial charge in [-0.25, -0.2) is 0 Å². The summed E-state index contributed by atoms with van der Waals surface area (Å²) in [5.74, 6) is 0.